The van der Waals surface area contributed by atoms with E-state index in [1.54, 1.807) is 0 Å². The van der Waals surface area contributed by atoms with Crippen LogP contribution in [0, 0.1) is 18.2 Å². The van der Waals surface area contributed by atoms with Crippen molar-refractivity contribution in [2.75, 3.05) is 18.0 Å². The van der Waals surface area contributed by atoms with E-state index in [2.05, 4.69) is 14.8 Å². The van der Waals surface area contributed by atoms with Gasteiger partial charge in [-0.2, -0.15) is 13.2 Å². The lowest BCUT2D eigenvalue weighted by molar-refractivity contribution is -0.137. The third-order valence-corrected chi connectivity index (χ3v) is 6.37. The minimum Gasteiger partial charge on any atom is -0.339 e. The molecule has 0 saturated carbocycles. The lowest BCUT2D eigenvalue weighted by Gasteiger charge is -2.31. The lowest BCUT2D eigenvalue weighted by Crippen LogP contribution is -2.43. The van der Waals surface area contributed by atoms with E-state index in [0.29, 0.717) is 35.5 Å². The molecule has 0 spiro atoms. The van der Waals surface area contributed by atoms with Crippen molar-refractivity contribution in [1.29, 1.82) is 0 Å². The standard InChI is InChI=1S/C27H20F5N5/c1-34-23-10-8-16(13-21(23)29)25-18-12-15(24-19(27(30,31)32)5-2-6-20(24)28)7-9-22(18)35-26(36-25)37-11-3-4-17(33)14-37/h2,5-10,12-13,17H,3-4,11,14,33H2. The summed E-state index contributed by atoms with van der Waals surface area (Å²) in [5.74, 6) is -1.43. The molecule has 2 N–H and O–H groups in total. The highest BCUT2D eigenvalue weighted by atomic mass is 19.4. The first-order valence-corrected chi connectivity index (χ1v) is 11.5. The summed E-state index contributed by atoms with van der Waals surface area (Å²) in [6.45, 7) is 8.28. The molecular formula is C27H20F5N5. The van der Waals surface area contributed by atoms with Crippen LogP contribution in [0.3, 0.4) is 0 Å². The highest BCUT2D eigenvalue weighted by Gasteiger charge is 2.35. The third kappa shape index (κ3) is 4.70. The smallest absolute Gasteiger partial charge is 0.339 e. The van der Waals surface area contributed by atoms with Crippen molar-refractivity contribution in [2.24, 2.45) is 5.73 Å². The first-order valence-electron chi connectivity index (χ1n) is 11.5. The summed E-state index contributed by atoms with van der Waals surface area (Å²) in [5.41, 5.74) is 5.17. The van der Waals surface area contributed by atoms with Crippen LogP contribution in [0.2, 0.25) is 0 Å². The highest BCUT2D eigenvalue weighted by molar-refractivity contribution is 5.96. The van der Waals surface area contributed by atoms with Crippen LogP contribution in [0.5, 0.6) is 0 Å². The number of fused-ring (bicyclic) bond motifs is 1. The Bertz CT molecular complexity index is 1540. The first kappa shape index (κ1) is 24.6. The van der Waals surface area contributed by atoms with E-state index in [1.165, 1.54) is 30.3 Å². The highest BCUT2D eigenvalue weighted by Crippen LogP contribution is 2.40. The topological polar surface area (TPSA) is 59.4 Å². The van der Waals surface area contributed by atoms with Gasteiger partial charge in [-0.3, -0.25) is 0 Å². The Labute approximate surface area is 209 Å². The second-order valence-corrected chi connectivity index (χ2v) is 8.89. The number of nitrogens with zero attached hydrogens (tertiary/aromatic N) is 4. The van der Waals surface area contributed by atoms with E-state index in [-0.39, 0.29) is 23.0 Å². The Morgan fingerprint density at radius 1 is 0.973 bits per heavy atom. The summed E-state index contributed by atoms with van der Waals surface area (Å²) in [4.78, 5) is 14.3. The van der Waals surface area contributed by atoms with Crippen LogP contribution in [-0.4, -0.2) is 29.1 Å². The van der Waals surface area contributed by atoms with Crippen LogP contribution in [0.25, 0.3) is 38.1 Å². The van der Waals surface area contributed by atoms with Crippen LogP contribution in [0.1, 0.15) is 18.4 Å². The van der Waals surface area contributed by atoms with Gasteiger partial charge in [0.15, 0.2) is 0 Å². The largest absolute Gasteiger partial charge is 0.417 e. The Balaban J connectivity index is 1.75. The average Bonchev–Trinajstić information content (AvgIpc) is 2.87. The monoisotopic (exact) mass is 509 g/mol. The third-order valence-electron chi connectivity index (χ3n) is 6.37. The number of anilines is 1. The van der Waals surface area contributed by atoms with Gasteiger partial charge in [0, 0.05) is 35.6 Å². The van der Waals surface area contributed by atoms with E-state index in [9.17, 15) is 22.0 Å². The van der Waals surface area contributed by atoms with Crippen molar-refractivity contribution >= 4 is 22.5 Å². The molecule has 1 aromatic heterocycles. The lowest BCUT2D eigenvalue weighted by atomic mass is 9.96. The number of piperidine rings is 1. The van der Waals surface area contributed by atoms with Crippen molar-refractivity contribution in [3.05, 3.63) is 83.2 Å². The summed E-state index contributed by atoms with van der Waals surface area (Å²) in [5, 5.41) is 0.314. The van der Waals surface area contributed by atoms with E-state index < -0.39 is 28.9 Å². The van der Waals surface area contributed by atoms with Gasteiger partial charge in [0.25, 0.3) is 0 Å². The molecule has 1 aliphatic heterocycles. The first-order chi connectivity index (χ1) is 17.7. The number of aromatic nitrogens is 2. The molecule has 1 aliphatic rings. The van der Waals surface area contributed by atoms with Gasteiger partial charge in [0.1, 0.15) is 11.6 Å². The maximum absolute atomic E-state index is 14.7. The van der Waals surface area contributed by atoms with Crippen LogP contribution >= 0.6 is 0 Å². The fourth-order valence-electron chi connectivity index (χ4n) is 4.62. The van der Waals surface area contributed by atoms with E-state index in [4.69, 9.17) is 12.3 Å². The molecular weight excluding hydrogens is 489 g/mol. The average molecular weight is 509 g/mol. The zero-order valence-electron chi connectivity index (χ0n) is 19.4. The maximum Gasteiger partial charge on any atom is 0.417 e. The molecule has 1 saturated heterocycles. The number of hydrogen-bond donors (Lipinski definition) is 1. The predicted octanol–water partition coefficient (Wildman–Crippen LogP) is 6.74. The molecule has 4 aromatic rings. The van der Waals surface area contributed by atoms with Crippen molar-refractivity contribution in [3.8, 4) is 22.4 Å². The van der Waals surface area contributed by atoms with Crippen molar-refractivity contribution in [2.45, 2.75) is 25.1 Å². The zero-order chi connectivity index (χ0) is 26.3. The molecule has 1 fully saturated rings. The maximum atomic E-state index is 14.7. The van der Waals surface area contributed by atoms with Crippen LogP contribution in [0.15, 0.2) is 54.6 Å². The molecule has 188 valence electrons. The van der Waals surface area contributed by atoms with Gasteiger partial charge in [0.2, 0.25) is 11.6 Å². The van der Waals surface area contributed by atoms with Gasteiger partial charge < -0.3 is 10.6 Å². The van der Waals surface area contributed by atoms with Gasteiger partial charge in [-0.05, 0) is 48.7 Å². The van der Waals surface area contributed by atoms with E-state index in [0.717, 1.165) is 37.1 Å². The predicted molar refractivity (Wildman–Crippen MR) is 131 cm³/mol. The van der Waals surface area contributed by atoms with Gasteiger partial charge >= 0.3 is 6.18 Å². The molecule has 3 aromatic carbocycles. The molecule has 0 bridgehead atoms. The Hall–Kier alpha value is -4.10. The molecule has 0 amide bonds. The second kappa shape index (κ2) is 9.41. The molecule has 0 aliphatic carbocycles. The molecule has 2 heterocycles. The quantitative estimate of drug-likeness (QED) is 0.246. The number of halogens is 5. The molecule has 5 rings (SSSR count). The normalized spacial score (nSPS) is 16.1. The van der Waals surface area contributed by atoms with Gasteiger partial charge in [0.05, 0.1) is 23.3 Å². The minimum absolute atomic E-state index is 0.0197. The summed E-state index contributed by atoms with van der Waals surface area (Å²) in [6, 6.07) is 11.0. The second-order valence-electron chi connectivity index (χ2n) is 8.89. The summed E-state index contributed by atoms with van der Waals surface area (Å²) < 4.78 is 70.4. The number of alkyl halides is 3. The van der Waals surface area contributed by atoms with Crippen LogP contribution < -0.4 is 10.6 Å². The number of rotatable bonds is 3. The summed E-state index contributed by atoms with van der Waals surface area (Å²) in [6.07, 6.45) is -3.09. The molecule has 1 unspecified atom stereocenters. The number of nitrogens with two attached hydrogens (primary N) is 1. The van der Waals surface area contributed by atoms with E-state index >= 15 is 0 Å². The molecule has 0 radical (unpaired) electrons. The molecule has 37 heavy (non-hydrogen) atoms. The fourth-order valence-corrected chi connectivity index (χ4v) is 4.62. The summed E-state index contributed by atoms with van der Waals surface area (Å²) in [7, 11) is 0. The van der Waals surface area contributed by atoms with Crippen LogP contribution in [-0.2, 0) is 6.18 Å². The van der Waals surface area contributed by atoms with E-state index in [1.807, 2.05) is 4.90 Å². The fraction of sp³-hybridized carbons (Fsp3) is 0.222. The SMILES string of the molecule is [C-]#[N+]c1ccc(-c2nc(N3CCCC(N)C3)nc3ccc(-c4c(F)cccc4C(F)(F)F)cc23)cc1F. The number of hydrogen-bond acceptors (Lipinski definition) is 4. The zero-order valence-corrected chi connectivity index (χ0v) is 19.4. The molecule has 10 heteroatoms. The van der Waals surface area contributed by atoms with Gasteiger partial charge in [-0.15, -0.1) is 0 Å². The minimum atomic E-state index is -4.78. The van der Waals surface area contributed by atoms with Crippen molar-refractivity contribution < 1.29 is 22.0 Å². The van der Waals surface area contributed by atoms with Gasteiger partial charge in [-0.25, -0.2) is 23.6 Å². The Morgan fingerprint density at radius 3 is 2.46 bits per heavy atom. The Morgan fingerprint density at radius 2 is 1.76 bits per heavy atom. The Kier molecular flexibility index (Phi) is 6.25. The van der Waals surface area contributed by atoms with Crippen molar-refractivity contribution in [3.63, 3.8) is 0 Å². The van der Waals surface area contributed by atoms with Crippen LogP contribution in [0.4, 0.5) is 33.6 Å². The van der Waals surface area contributed by atoms with Crippen molar-refractivity contribution in [1.82, 2.24) is 9.97 Å². The number of benzene rings is 3. The summed E-state index contributed by atoms with van der Waals surface area (Å²) >= 11 is 0. The molecule has 5 nitrogen and oxygen atoms in total. The van der Waals surface area contributed by atoms with Gasteiger partial charge in [-0.1, -0.05) is 24.3 Å². The molecule has 1 atom stereocenters.